The number of sulfone groups is 1. The van der Waals surface area contributed by atoms with Gasteiger partial charge in [0.15, 0.2) is 16.4 Å². The van der Waals surface area contributed by atoms with Crippen molar-refractivity contribution in [2.45, 2.75) is 58.4 Å². The number of esters is 1. The molecule has 2 aromatic rings. The lowest BCUT2D eigenvalue weighted by Gasteiger charge is -2.16. The summed E-state index contributed by atoms with van der Waals surface area (Å²) in [6.07, 6.45) is 6.09. The molecule has 1 atom stereocenters. The molecule has 1 saturated heterocycles. The van der Waals surface area contributed by atoms with Gasteiger partial charge in [0.05, 0.1) is 11.5 Å². The molecule has 1 fully saturated rings. The van der Waals surface area contributed by atoms with Crippen LogP contribution in [0.15, 0.2) is 12.1 Å². The number of ketones is 1. The number of carbonyl (C=O) groups is 2. The molecular formula is C22H27NO5S2. The van der Waals surface area contributed by atoms with Gasteiger partial charge in [0.1, 0.15) is 4.88 Å². The van der Waals surface area contributed by atoms with E-state index in [4.69, 9.17) is 4.74 Å². The van der Waals surface area contributed by atoms with Crippen LogP contribution in [-0.4, -0.2) is 42.9 Å². The molecule has 4 rings (SSSR count). The van der Waals surface area contributed by atoms with E-state index in [2.05, 4.69) is 0 Å². The lowest BCUT2D eigenvalue weighted by molar-refractivity contribution is 0.0479. The lowest BCUT2D eigenvalue weighted by atomic mass is 10.1. The topological polar surface area (TPSA) is 82.4 Å². The molecule has 0 N–H and O–H groups in total. The van der Waals surface area contributed by atoms with Crippen LogP contribution >= 0.6 is 11.3 Å². The summed E-state index contributed by atoms with van der Waals surface area (Å²) in [5.41, 5.74) is 3.32. The molecule has 1 aliphatic carbocycles. The molecule has 3 heterocycles. The summed E-state index contributed by atoms with van der Waals surface area (Å²) >= 11 is 1.48. The predicted molar refractivity (Wildman–Crippen MR) is 116 cm³/mol. The van der Waals surface area contributed by atoms with Crippen molar-refractivity contribution in [3.05, 3.63) is 44.4 Å². The first-order valence-electron chi connectivity index (χ1n) is 10.5. The molecule has 0 spiro atoms. The second-order valence-corrected chi connectivity index (χ2v) is 11.7. The zero-order chi connectivity index (χ0) is 21.5. The van der Waals surface area contributed by atoms with Crippen molar-refractivity contribution in [1.29, 1.82) is 0 Å². The molecule has 8 heteroatoms. The summed E-state index contributed by atoms with van der Waals surface area (Å²) in [5.74, 6) is -0.422. The van der Waals surface area contributed by atoms with Crippen LogP contribution in [-0.2, 0) is 27.4 Å². The average molecular weight is 450 g/mol. The van der Waals surface area contributed by atoms with Crippen LogP contribution in [0, 0.1) is 13.8 Å². The molecular weight excluding hydrogens is 422 g/mol. The van der Waals surface area contributed by atoms with Crippen LogP contribution in [0.3, 0.4) is 0 Å². The zero-order valence-electron chi connectivity index (χ0n) is 17.4. The summed E-state index contributed by atoms with van der Waals surface area (Å²) in [4.78, 5) is 27.1. The number of rotatable bonds is 5. The Balaban J connectivity index is 1.43. The Kier molecular flexibility index (Phi) is 5.90. The minimum atomic E-state index is -3.02. The number of aromatic nitrogens is 1. The molecule has 0 saturated carbocycles. The van der Waals surface area contributed by atoms with Gasteiger partial charge in [0.25, 0.3) is 0 Å². The highest BCUT2D eigenvalue weighted by atomic mass is 32.2. The van der Waals surface area contributed by atoms with E-state index in [0.29, 0.717) is 16.9 Å². The standard InChI is InChI=1S/C22H27NO5S2/c1-14-10-18(15(2)23(14)17-8-9-30(26,27)13-17)19(24)12-28-22(25)21-11-16-6-4-3-5-7-20(16)29-21/h10-11,17H,3-9,12-13H2,1-2H3/t17-/m1/s1. The lowest BCUT2D eigenvalue weighted by Crippen LogP contribution is -2.16. The second kappa shape index (κ2) is 8.30. The first kappa shape index (κ1) is 21.3. The minimum absolute atomic E-state index is 0.106. The van der Waals surface area contributed by atoms with Crippen molar-refractivity contribution in [1.82, 2.24) is 4.57 Å². The SMILES string of the molecule is Cc1cc(C(=O)COC(=O)c2cc3c(s2)CCCCC3)c(C)n1[C@@H]1CCS(=O)(=O)C1. The second-order valence-electron chi connectivity index (χ2n) is 8.33. The Bertz CT molecular complexity index is 1070. The zero-order valence-corrected chi connectivity index (χ0v) is 19.0. The Hall–Kier alpha value is -1.93. The number of ether oxygens (including phenoxy) is 1. The fourth-order valence-corrected chi connectivity index (χ4v) is 7.50. The van der Waals surface area contributed by atoms with Crippen molar-refractivity contribution in [3.63, 3.8) is 0 Å². The Morgan fingerprint density at radius 3 is 2.67 bits per heavy atom. The van der Waals surface area contributed by atoms with Crippen molar-refractivity contribution in [2.24, 2.45) is 0 Å². The molecule has 6 nitrogen and oxygen atoms in total. The van der Waals surface area contributed by atoms with Crippen molar-refractivity contribution < 1.29 is 22.7 Å². The molecule has 0 bridgehead atoms. The quantitative estimate of drug-likeness (QED) is 0.394. The normalized spacial score (nSPS) is 20.5. The first-order valence-corrected chi connectivity index (χ1v) is 13.1. The third-order valence-electron chi connectivity index (χ3n) is 6.14. The van der Waals surface area contributed by atoms with E-state index in [1.54, 1.807) is 6.07 Å². The molecule has 0 unspecified atom stereocenters. The molecule has 0 radical (unpaired) electrons. The van der Waals surface area contributed by atoms with E-state index < -0.39 is 15.8 Å². The highest BCUT2D eigenvalue weighted by Crippen LogP contribution is 2.31. The van der Waals surface area contributed by atoms with Gasteiger partial charge in [-0.1, -0.05) is 6.42 Å². The summed E-state index contributed by atoms with van der Waals surface area (Å²) < 4.78 is 31.0. The molecule has 0 amide bonds. The Morgan fingerprint density at radius 1 is 1.17 bits per heavy atom. The molecule has 2 aromatic heterocycles. The van der Waals surface area contributed by atoms with E-state index in [-0.39, 0.29) is 29.9 Å². The summed E-state index contributed by atoms with van der Waals surface area (Å²) in [7, 11) is -3.02. The maximum atomic E-state index is 12.7. The van der Waals surface area contributed by atoms with Crippen molar-refractivity contribution in [3.8, 4) is 0 Å². The van der Waals surface area contributed by atoms with Crippen LogP contribution < -0.4 is 0 Å². The molecule has 30 heavy (non-hydrogen) atoms. The van der Waals surface area contributed by atoms with Crippen molar-refractivity contribution >= 4 is 32.9 Å². The van der Waals surface area contributed by atoms with E-state index in [1.807, 2.05) is 24.5 Å². The number of hydrogen-bond acceptors (Lipinski definition) is 6. The number of nitrogens with zero attached hydrogens (tertiary/aromatic N) is 1. The number of hydrogen-bond donors (Lipinski definition) is 0. The van der Waals surface area contributed by atoms with E-state index in [0.717, 1.165) is 37.1 Å². The smallest absolute Gasteiger partial charge is 0.348 e. The maximum absolute atomic E-state index is 12.7. The van der Waals surface area contributed by atoms with Crippen LogP contribution in [0.5, 0.6) is 0 Å². The third kappa shape index (κ3) is 4.25. The monoisotopic (exact) mass is 449 g/mol. The van der Waals surface area contributed by atoms with E-state index in [9.17, 15) is 18.0 Å². The van der Waals surface area contributed by atoms with E-state index in [1.165, 1.54) is 28.2 Å². The number of fused-ring (bicyclic) bond motifs is 1. The highest BCUT2D eigenvalue weighted by Gasteiger charge is 2.32. The molecule has 1 aliphatic heterocycles. The molecule has 162 valence electrons. The minimum Gasteiger partial charge on any atom is -0.453 e. The van der Waals surface area contributed by atoms with Gasteiger partial charge in [-0.3, -0.25) is 4.79 Å². The Labute approximate surface area is 181 Å². The van der Waals surface area contributed by atoms with Gasteiger partial charge in [-0.05, 0) is 63.6 Å². The Morgan fingerprint density at radius 2 is 1.93 bits per heavy atom. The largest absolute Gasteiger partial charge is 0.453 e. The van der Waals surface area contributed by atoms with Gasteiger partial charge < -0.3 is 9.30 Å². The maximum Gasteiger partial charge on any atom is 0.348 e. The average Bonchev–Trinajstić information content (AvgIpc) is 3.29. The molecule has 0 aromatic carbocycles. The van der Waals surface area contributed by atoms with Gasteiger partial charge in [-0.25, -0.2) is 13.2 Å². The third-order valence-corrected chi connectivity index (χ3v) is 9.11. The number of aryl methyl sites for hydroxylation is 3. The number of Topliss-reactive ketones (excluding diaryl/α,β-unsaturated/α-hetero) is 1. The first-order chi connectivity index (χ1) is 14.2. The fourth-order valence-electron chi connectivity index (χ4n) is 4.65. The predicted octanol–water partition coefficient (Wildman–Crippen LogP) is 3.83. The number of thiophene rings is 1. The fraction of sp³-hybridized carbons (Fsp3) is 0.545. The van der Waals surface area contributed by atoms with Gasteiger partial charge >= 0.3 is 5.97 Å². The van der Waals surface area contributed by atoms with Gasteiger partial charge in [0, 0.05) is 27.9 Å². The van der Waals surface area contributed by atoms with Gasteiger partial charge in [-0.15, -0.1) is 11.3 Å². The van der Waals surface area contributed by atoms with Crippen LogP contribution in [0.2, 0.25) is 0 Å². The summed E-state index contributed by atoms with van der Waals surface area (Å²) in [6.45, 7) is 3.39. The van der Waals surface area contributed by atoms with Gasteiger partial charge in [0.2, 0.25) is 5.78 Å². The van der Waals surface area contributed by atoms with Crippen LogP contribution in [0.1, 0.15) is 73.6 Å². The van der Waals surface area contributed by atoms with Gasteiger partial charge in [-0.2, -0.15) is 0 Å². The highest BCUT2D eigenvalue weighted by molar-refractivity contribution is 7.91. The van der Waals surface area contributed by atoms with Crippen LogP contribution in [0.4, 0.5) is 0 Å². The molecule has 2 aliphatic rings. The number of carbonyl (C=O) groups excluding carboxylic acids is 2. The van der Waals surface area contributed by atoms with Crippen LogP contribution in [0.25, 0.3) is 0 Å². The summed E-state index contributed by atoms with van der Waals surface area (Å²) in [6, 6.07) is 3.55. The van der Waals surface area contributed by atoms with E-state index >= 15 is 0 Å². The summed E-state index contributed by atoms with van der Waals surface area (Å²) in [5, 5.41) is 0. The van der Waals surface area contributed by atoms with Crippen molar-refractivity contribution in [2.75, 3.05) is 18.1 Å².